The van der Waals surface area contributed by atoms with Crippen molar-refractivity contribution < 1.29 is 5.11 Å². The molecule has 1 N–H and O–H groups in total. The summed E-state index contributed by atoms with van der Waals surface area (Å²) in [5.41, 5.74) is 2.17. The molecule has 1 atom stereocenters. The molecule has 24 heavy (non-hydrogen) atoms. The second-order valence-electron chi connectivity index (χ2n) is 6.58. The normalized spacial score (nSPS) is 21.7. The lowest BCUT2D eigenvalue weighted by molar-refractivity contribution is -0.0637. The van der Waals surface area contributed by atoms with E-state index in [4.69, 9.17) is 0 Å². The maximum atomic E-state index is 11.6. The minimum Gasteiger partial charge on any atom is -0.366 e. The van der Waals surface area contributed by atoms with E-state index in [1.54, 1.807) is 0 Å². The van der Waals surface area contributed by atoms with Gasteiger partial charge < -0.3 is 10.0 Å². The van der Waals surface area contributed by atoms with E-state index in [0.29, 0.717) is 6.42 Å². The van der Waals surface area contributed by atoms with E-state index in [1.807, 2.05) is 18.2 Å². The first-order chi connectivity index (χ1) is 11.8. The number of aliphatic hydroxyl groups is 1. The smallest absolute Gasteiger partial charge is 0.170 e. The largest absolute Gasteiger partial charge is 0.366 e. The molecule has 3 nitrogen and oxygen atoms in total. The van der Waals surface area contributed by atoms with Crippen LogP contribution in [0, 0.1) is 0 Å². The third kappa shape index (κ3) is 1.85. The fourth-order valence-electron chi connectivity index (χ4n) is 4.03. The highest BCUT2D eigenvalue weighted by molar-refractivity contribution is 6.04. The first kappa shape index (κ1) is 13.8. The summed E-state index contributed by atoms with van der Waals surface area (Å²) in [7, 11) is 0. The van der Waals surface area contributed by atoms with E-state index >= 15 is 0 Å². The maximum absolute atomic E-state index is 11.6. The number of fused-ring (bicyclic) bond motifs is 4. The second-order valence-corrected chi connectivity index (χ2v) is 6.58. The molecule has 2 aliphatic rings. The lowest BCUT2D eigenvalue weighted by Crippen LogP contribution is -2.44. The van der Waals surface area contributed by atoms with Gasteiger partial charge in [0.05, 0.1) is 6.54 Å². The van der Waals surface area contributed by atoms with Gasteiger partial charge in [-0.25, -0.2) is 0 Å². The Balaban J connectivity index is 1.61. The summed E-state index contributed by atoms with van der Waals surface area (Å²) in [5.74, 6) is 0.939. The van der Waals surface area contributed by atoms with Crippen LogP contribution in [0.15, 0.2) is 71.7 Å². The van der Waals surface area contributed by atoms with Crippen molar-refractivity contribution in [1.29, 1.82) is 0 Å². The van der Waals surface area contributed by atoms with Crippen LogP contribution in [-0.4, -0.2) is 28.9 Å². The molecule has 0 saturated heterocycles. The van der Waals surface area contributed by atoms with Crippen molar-refractivity contribution in [1.82, 2.24) is 4.90 Å². The van der Waals surface area contributed by atoms with E-state index in [-0.39, 0.29) is 0 Å². The maximum Gasteiger partial charge on any atom is 0.170 e. The van der Waals surface area contributed by atoms with Gasteiger partial charge in [-0.3, -0.25) is 4.99 Å². The molecule has 2 heterocycles. The molecule has 3 aromatic rings. The summed E-state index contributed by atoms with van der Waals surface area (Å²) >= 11 is 0. The SMILES string of the molecule is OC1(Cc2ccc3ccccc3c2)c2ccccc2C2=NCCN21. The molecule has 0 spiro atoms. The first-order valence-electron chi connectivity index (χ1n) is 8.38. The minimum absolute atomic E-state index is 0.563. The molecule has 0 saturated carbocycles. The molecule has 0 bridgehead atoms. The number of hydrogen-bond acceptors (Lipinski definition) is 3. The molecule has 3 aromatic carbocycles. The Hall–Kier alpha value is -2.65. The average molecular weight is 314 g/mol. The van der Waals surface area contributed by atoms with Crippen molar-refractivity contribution in [3.63, 3.8) is 0 Å². The van der Waals surface area contributed by atoms with Gasteiger partial charge >= 0.3 is 0 Å². The molecule has 0 amide bonds. The van der Waals surface area contributed by atoms with Crippen LogP contribution in [0.3, 0.4) is 0 Å². The monoisotopic (exact) mass is 314 g/mol. The van der Waals surface area contributed by atoms with Crippen LogP contribution in [0.5, 0.6) is 0 Å². The van der Waals surface area contributed by atoms with Crippen LogP contribution >= 0.6 is 0 Å². The zero-order chi connectivity index (χ0) is 16.1. The van der Waals surface area contributed by atoms with E-state index in [2.05, 4.69) is 58.4 Å². The fourth-order valence-corrected chi connectivity index (χ4v) is 4.03. The lowest BCUT2D eigenvalue weighted by atomic mass is 9.93. The summed E-state index contributed by atoms with van der Waals surface area (Å²) in [6, 6.07) is 22.9. The Morgan fingerprint density at radius 2 is 1.75 bits per heavy atom. The van der Waals surface area contributed by atoms with Crippen LogP contribution in [0.2, 0.25) is 0 Å². The molecule has 1 unspecified atom stereocenters. The molecule has 2 aliphatic heterocycles. The predicted molar refractivity (Wildman–Crippen MR) is 96.1 cm³/mol. The molecular formula is C21H18N2O. The molecule has 0 radical (unpaired) electrons. The number of amidine groups is 1. The van der Waals surface area contributed by atoms with E-state index in [1.165, 1.54) is 10.8 Å². The van der Waals surface area contributed by atoms with Gasteiger partial charge in [0, 0.05) is 24.1 Å². The minimum atomic E-state index is -1.01. The van der Waals surface area contributed by atoms with Crippen molar-refractivity contribution in [3.05, 3.63) is 83.4 Å². The van der Waals surface area contributed by atoms with Crippen LogP contribution in [0.25, 0.3) is 10.8 Å². The van der Waals surface area contributed by atoms with Crippen molar-refractivity contribution in [3.8, 4) is 0 Å². The van der Waals surface area contributed by atoms with E-state index in [0.717, 1.165) is 35.6 Å². The molecule has 0 aromatic heterocycles. The van der Waals surface area contributed by atoms with Crippen LogP contribution in [0.4, 0.5) is 0 Å². The van der Waals surface area contributed by atoms with Gasteiger partial charge in [-0.05, 0) is 16.3 Å². The zero-order valence-corrected chi connectivity index (χ0v) is 13.3. The number of benzene rings is 3. The van der Waals surface area contributed by atoms with Gasteiger partial charge in [0.15, 0.2) is 5.72 Å². The highest BCUT2D eigenvalue weighted by Gasteiger charge is 2.48. The lowest BCUT2D eigenvalue weighted by Gasteiger charge is -2.33. The quantitative estimate of drug-likeness (QED) is 0.788. The summed E-state index contributed by atoms with van der Waals surface area (Å²) in [6.07, 6.45) is 0.563. The predicted octanol–water partition coefficient (Wildman–Crippen LogP) is 3.30. The Bertz CT molecular complexity index is 978. The standard InChI is InChI=1S/C21H18N2O/c24-21(14-15-9-10-16-5-1-2-6-17(16)13-15)19-8-4-3-7-18(19)20-22-11-12-23(20)21/h1-10,13,24H,11-12,14H2. The zero-order valence-electron chi connectivity index (χ0n) is 13.3. The summed E-state index contributed by atoms with van der Waals surface area (Å²) < 4.78 is 0. The Morgan fingerprint density at radius 3 is 2.67 bits per heavy atom. The highest BCUT2D eigenvalue weighted by Crippen LogP contribution is 2.41. The van der Waals surface area contributed by atoms with Gasteiger partial charge in [0.1, 0.15) is 5.84 Å². The van der Waals surface area contributed by atoms with Crippen LogP contribution in [0.1, 0.15) is 16.7 Å². The summed E-state index contributed by atoms with van der Waals surface area (Å²) in [4.78, 5) is 6.67. The van der Waals surface area contributed by atoms with E-state index < -0.39 is 5.72 Å². The number of nitrogens with zero attached hydrogens (tertiary/aromatic N) is 2. The molecule has 118 valence electrons. The van der Waals surface area contributed by atoms with Gasteiger partial charge in [-0.2, -0.15) is 0 Å². The number of hydrogen-bond donors (Lipinski definition) is 1. The Labute approximate surface area is 140 Å². The number of aliphatic imine (C=N–C) groups is 1. The van der Waals surface area contributed by atoms with Crippen molar-refractivity contribution in [2.45, 2.75) is 12.1 Å². The van der Waals surface area contributed by atoms with Crippen molar-refractivity contribution >= 4 is 16.6 Å². The Kier molecular flexibility index (Phi) is 2.82. The van der Waals surface area contributed by atoms with Crippen LogP contribution < -0.4 is 0 Å². The molecular weight excluding hydrogens is 296 g/mol. The molecule has 3 heteroatoms. The third-order valence-electron chi connectivity index (χ3n) is 5.15. The van der Waals surface area contributed by atoms with Gasteiger partial charge in [0.25, 0.3) is 0 Å². The molecule has 5 rings (SSSR count). The molecule has 0 fully saturated rings. The second kappa shape index (κ2) is 4.92. The third-order valence-corrected chi connectivity index (χ3v) is 5.15. The van der Waals surface area contributed by atoms with E-state index in [9.17, 15) is 5.11 Å². The van der Waals surface area contributed by atoms with Gasteiger partial charge in [-0.1, -0.05) is 66.7 Å². The Morgan fingerprint density at radius 1 is 0.958 bits per heavy atom. The first-order valence-corrected chi connectivity index (χ1v) is 8.38. The van der Waals surface area contributed by atoms with Crippen LogP contribution in [-0.2, 0) is 12.1 Å². The molecule has 0 aliphatic carbocycles. The summed E-state index contributed by atoms with van der Waals surface area (Å²) in [6.45, 7) is 1.53. The van der Waals surface area contributed by atoms with Gasteiger partial charge in [-0.15, -0.1) is 0 Å². The fraction of sp³-hybridized carbons (Fsp3) is 0.190. The average Bonchev–Trinajstić information content (AvgIpc) is 3.19. The topological polar surface area (TPSA) is 35.8 Å². The summed E-state index contributed by atoms with van der Waals surface area (Å²) in [5, 5.41) is 14.0. The van der Waals surface area contributed by atoms with Crippen molar-refractivity contribution in [2.24, 2.45) is 4.99 Å². The van der Waals surface area contributed by atoms with Crippen molar-refractivity contribution in [2.75, 3.05) is 13.1 Å². The highest BCUT2D eigenvalue weighted by atomic mass is 16.3. The van der Waals surface area contributed by atoms with Gasteiger partial charge in [0.2, 0.25) is 0 Å². The number of rotatable bonds is 2.